The molecule has 2 heterocycles. The van der Waals surface area contributed by atoms with Crippen molar-refractivity contribution in [1.82, 2.24) is 4.98 Å². The topological polar surface area (TPSA) is 34.2 Å². The molecule has 94 valence electrons. The number of aromatic nitrogens is 1. The molecular weight excluding hydrogens is 299 g/mol. The molecule has 0 amide bonds. The summed E-state index contributed by atoms with van der Waals surface area (Å²) in [5.41, 5.74) is 3.41. The molecule has 1 aromatic carbocycles. The molecule has 3 rings (SSSR count). The van der Waals surface area contributed by atoms with E-state index in [1.807, 2.05) is 0 Å². The Labute approximate surface area is 112 Å². The Morgan fingerprint density at radius 1 is 1.44 bits per heavy atom. The van der Waals surface area contributed by atoms with Crippen molar-refractivity contribution in [2.45, 2.75) is 13.0 Å². The van der Waals surface area contributed by atoms with Gasteiger partial charge in [0.1, 0.15) is 5.82 Å². The predicted molar refractivity (Wildman–Crippen MR) is 72.3 cm³/mol. The Morgan fingerprint density at radius 2 is 2.28 bits per heavy atom. The van der Waals surface area contributed by atoms with Crippen LogP contribution in [0.5, 0.6) is 0 Å². The van der Waals surface area contributed by atoms with Crippen molar-refractivity contribution in [3.63, 3.8) is 0 Å². The molecule has 0 bridgehead atoms. The molecule has 1 N–H and O–H groups in total. The molecule has 0 spiro atoms. The predicted octanol–water partition coefficient (Wildman–Crippen LogP) is 3.25. The Kier molecular flexibility index (Phi) is 2.95. The lowest BCUT2D eigenvalue weighted by molar-refractivity contribution is 0.110. The van der Waals surface area contributed by atoms with Crippen LogP contribution >= 0.6 is 15.9 Å². The molecule has 2 aromatic rings. The van der Waals surface area contributed by atoms with Crippen molar-refractivity contribution in [1.29, 1.82) is 0 Å². The summed E-state index contributed by atoms with van der Waals surface area (Å²) in [5, 5.41) is 3.61. The first-order valence-electron chi connectivity index (χ1n) is 5.77. The second-order valence-electron chi connectivity index (χ2n) is 4.22. The van der Waals surface area contributed by atoms with Gasteiger partial charge in [0.05, 0.1) is 35.5 Å². The van der Waals surface area contributed by atoms with Gasteiger partial charge in [-0.25, -0.2) is 4.39 Å². The zero-order chi connectivity index (χ0) is 12.7. The fraction of sp³-hybridized carbons (Fsp3) is 0.308. The highest BCUT2D eigenvalue weighted by atomic mass is 79.9. The van der Waals surface area contributed by atoms with E-state index in [1.54, 1.807) is 13.1 Å². The number of benzene rings is 1. The van der Waals surface area contributed by atoms with Gasteiger partial charge in [-0.2, -0.15) is 0 Å². The summed E-state index contributed by atoms with van der Waals surface area (Å²) in [6.45, 7) is 1.15. The van der Waals surface area contributed by atoms with E-state index >= 15 is 0 Å². The van der Waals surface area contributed by atoms with E-state index in [0.717, 1.165) is 27.8 Å². The third-order valence-corrected chi connectivity index (χ3v) is 3.84. The van der Waals surface area contributed by atoms with Crippen LogP contribution in [0.15, 0.2) is 16.6 Å². The minimum absolute atomic E-state index is 0.265. The first-order valence-corrected chi connectivity index (χ1v) is 6.56. The summed E-state index contributed by atoms with van der Waals surface area (Å²) < 4.78 is 20.3. The van der Waals surface area contributed by atoms with E-state index in [1.165, 1.54) is 6.07 Å². The van der Waals surface area contributed by atoms with Gasteiger partial charge in [-0.15, -0.1) is 0 Å². The fourth-order valence-electron chi connectivity index (χ4n) is 2.37. The van der Waals surface area contributed by atoms with Gasteiger partial charge in [0.15, 0.2) is 0 Å². The second-order valence-corrected chi connectivity index (χ2v) is 5.07. The van der Waals surface area contributed by atoms with Gasteiger partial charge >= 0.3 is 0 Å². The molecule has 0 radical (unpaired) electrons. The molecule has 1 aliphatic heterocycles. The maximum absolute atomic E-state index is 14.0. The van der Waals surface area contributed by atoms with Crippen LogP contribution in [0.4, 0.5) is 10.1 Å². The van der Waals surface area contributed by atoms with E-state index < -0.39 is 0 Å². The maximum atomic E-state index is 14.0. The smallest absolute Gasteiger partial charge is 0.134 e. The van der Waals surface area contributed by atoms with Gasteiger partial charge in [0.25, 0.3) is 0 Å². The van der Waals surface area contributed by atoms with Gasteiger partial charge in [-0.05, 0) is 28.1 Å². The molecule has 0 unspecified atom stereocenters. The van der Waals surface area contributed by atoms with Crippen LogP contribution in [0.25, 0.3) is 10.9 Å². The van der Waals surface area contributed by atoms with Crippen molar-refractivity contribution >= 4 is 32.5 Å². The fourth-order valence-corrected chi connectivity index (χ4v) is 2.79. The molecule has 1 aromatic heterocycles. The molecule has 0 aliphatic carbocycles. The van der Waals surface area contributed by atoms with Crippen LogP contribution in [-0.2, 0) is 17.8 Å². The van der Waals surface area contributed by atoms with E-state index in [-0.39, 0.29) is 5.82 Å². The third kappa shape index (κ3) is 1.69. The third-order valence-electron chi connectivity index (χ3n) is 3.20. The van der Waals surface area contributed by atoms with Crippen molar-refractivity contribution < 1.29 is 9.13 Å². The molecular formula is C13H12BrFN2O. The van der Waals surface area contributed by atoms with Gasteiger partial charge in [-0.3, -0.25) is 4.98 Å². The van der Waals surface area contributed by atoms with Gasteiger partial charge in [0.2, 0.25) is 0 Å². The number of anilines is 1. The quantitative estimate of drug-likeness (QED) is 0.878. The van der Waals surface area contributed by atoms with Gasteiger partial charge in [0, 0.05) is 23.5 Å². The van der Waals surface area contributed by atoms with Crippen LogP contribution in [0.1, 0.15) is 11.3 Å². The SMILES string of the molecule is CNc1c2c(nc3c(Br)ccc(F)c13)CCOC2. The second kappa shape index (κ2) is 4.48. The van der Waals surface area contributed by atoms with Gasteiger partial charge < -0.3 is 10.1 Å². The summed E-state index contributed by atoms with van der Waals surface area (Å²) in [5.74, 6) is -0.265. The molecule has 18 heavy (non-hydrogen) atoms. The highest BCUT2D eigenvalue weighted by Gasteiger charge is 2.20. The Morgan fingerprint density at radius 3 is 3.06 bits per heavy atom. The molecule has 0 atom stereocenters. The number of rotatable bonds is 1. The average molecular weight is 311 g/mol. The number of hydrogen-bond acceptors (Lipinski definition) is 3. The largest absolute Gasteiger partial charge is 0.387 e. The van der Waals surface area contributed by atoms with Crippen molar-refractivity contribution in [3.8, 4) is 0 Å². The Bertz CT molecular complexity index is 630. The standard InChI is InChI=1S/C13H12BrFN2O/c1-16-12-7-6-18-5-4-10(7)17-13-8(14)2-3-9(15)11(12)13/h2-3H,4-6H2,1H3,(H,16,17). The van der Waals surface area contributed by atoms with Crippen LogP contribution in [0.2, 0.25) is 0 Å². The number of nitrogens with zero attached hydrogens (tertiary/aromatic N) is 1. The normalized spacial score (nSPS) is 14.6. The molecule has 0 fully saturated rings. The molecule has 1 aliphatic rings. The lowest BCUT2D eigenvalue weighted by atomic mass is 10.0. The number of halogens is 2. The minimum atomic E-state index is -0.265. The maximum Gasteiger partial charge on any atom is 0.134 e. The van der Waals surface area contributed by atoms with Crippen LogP contribution in [0.3, 0.4) is 0 Å². The number of nitrogens with one attached hydrogen (secondary N) is 1. The molecule has 0 saturated heterocycles. The number of ether oxygens (including phenoxy) is 1. The first-order chi connectivity index (χ1) is 8.72. The summed E-state index contributed by atoms with van der Waals surface area (Å²) in [7, 11) is 1.80. The number of fused-ring (bicyclic) bond motifs is 2. The van der Waals surface area contributed by atoms with E-state index in [0.29, 0.717) is 24.1 Å². The molecule has 5 heteroatoms. The molecule has 3 nitrogen and oxygen atoms in total. The Balaban J connectivity index is 2.44. The van der Waals surface area contributed by atoms with E-state index in [2.05, 4.69) is 26.2 Å². The average Bonchev–Trinajstić information content (AvgIpc) is 2.41. The summed E-state index contributed by atoms with van der Waals surface area (Å²) in [6.07, 6.45) is 0.767. The zero-order valence-corrected chi connectivity index (χ0v) is 11.5. The zero-order valence-electron chi connectivity index (χ0n) is 9.89. The highest BCUT2D eigenvalue weighted by Crippen LogP contribution is 2.35. The lowest BCUT2D eigenvalue weighted by Crippen LogP contribution is -2.15. The number of pyridine rings is 1. The first kappa shape index (κ1) is 11.9. The van der Waals surface area contributed by atoms with Crippen molar-refractivity contribution in [2.75, 3.05) is 19.0 Å². The summed E-state index contributed by atoms with van der Waals surface area (Å²) in [6, 6.07) is 3.14. The van der Waals surface area contributed by atoms with E-state index in [9.17, 15) is 4.39 Å². The summed E-state index contributed by atoms with van der Waals surface area (Å²) >= 11 is 3.43. The van der Waals surface area contributed by atoms with Gasteiger partial charge in [-0.1, -0.05) is 0 Å². The Hall–Kier alpha value is -1.20. The minimum Gasteiger partial charge on any atom is -0.387 e. The molecule has 0 saturated carbocycles. The highest BCUT2D eigenvalue weighted by molar-refractivity contribution is 9.10. The monoisotopic (exact) mass is 310 g/mol. The summed E-state index contributed by atoms with van der Waals surface area (Å²) in [4.78, 5) is 4.58. The van der Waals surface area contributed by atoms with Crippen LogP contribution < -0.4 is 5.32 Å². The van der Waals surface area contributed by atoms with Crippen molar-refractivity contribution in [2.24, 2.45) is 0 Å². The lowest BCUT2D eigenvalue weighted by Gasteiger charge is -2.21. The van der Waals surface area contributed by atoms with Crippen molar-refractivity contribution in [3.05, 3.63) is 33.7 Å². The number of hydrogen-bond donors (Lipinski definition) is 1. The van der Waals surface area contributed by atoms with Crippen LogP contribution in [0, 0.1) is 5.82 Å². The van der Waals surface area contributed by atoms with E-state index in [4.69, 9.17) is 4.74 Å². The van der Waals surface area contributed by atoms with Crippen LogP contribution in [-0.4, -0.2) is 18.6 Å².